The maximum Gasteiger partial charge on any atom is 0.259 e. The third-order valence-corrected chi connectivity index (χ3v) is 5.25. The zero-order valence-electron chi connectivity index (χ0n) is 7.21. The van der Waals surface area contributed by atoms with Gasteiger partial charge in [0, 0.05) is 6.26 Å². The molecule has 88 valence electrons. The highest BCUT2D eigenvalue weighted by Gasteiger charge is 2.11. The molecule has 0 aliphatic carbocycles. The first-order chi connectivity index (χ1) is 5.41. The van der Waals surface area contributed by atoms with E-state index in [0.717, 1.165) is 18.8 Å². The summed E-state index contributed by atoms with van der Waals surface area (Å²) in [5.74, 6) is 0. The highest BCUT2D eigenvalue weighted by molar-refractivity contribution is 8.08. The van der Waals surface area contributed by atoms with Crippen molar-refractivity contribution in [1.29, 1.82) is 0 Å². The van der Waals surface area contributed by atoms with Crippen LogP contribution in [0.5, 0.6) is 0 Å². The number of hydrogen-bond donors (Lipinski definition) is 1. The lowest BCUT2D eigenvalue weighted by Crippen LogP contribution is -2.28. The first kappa shape index (κ1) is 16.2. The SMILES string of the molecule is C.CS(=O)(=O)N=S(C)(=O)NS(C)(=O)=O. The lowest BCUT2D eigenvalue weighted by atomic mass is 12.0. The lowest BCUT2D eigenvalue weighted by molar-refractivity contribution is 0.598. The van der Waals surface area contributed by atoms with Gasteiger partial charge in [0.05, 0.1) is 12.5 Å². The molecule has 0 spiro atoms. The molecular formula is C4H14N2O5S3. The second-order valence-electron chi connectivity index (χ2n) is 2.47. The van der Waals surface area contributed by atoms with Crippen molar-refractivity contribution in [3.8, 4) is 0 Å². The van der Waals surface area contributed by atoms with E-state index in [2.05, 4.69) is 3.77 Å². The van der Waals surface area contributed by atoms with Gasteiger partial charge in [0.2, 0.25) is 10.0 Å². The quantitative estimate of drug-likeness (QED) is 0.715. The van der Waals surface area contributed by atoms with E-state index in [1.807, 2.05) is 0 Å². The minimum Gasteiger partial charge on any atom is -0.232 e. The van der Waals surface area contributed by atoms with Crippen LogP contribution in [0.3, 0.4) is 0 Å². The lowest BCUT2D eigenvalue weighted by Gasteiger charge is -2.02. The van der Waals surface area contributed by atoms with Crippen LogP contribution in [0, 0.1) is 0 Å². The molecule has 1 atom stereocenters. The van der Waals surface area contributed by atoms with E-state index in [9.17, 15) is 21.0 Å². The third-order valence-electron chi connectivity index (χ3n) is 0.584. The van der Waals surface area contributed by atoms with Crippen molar-refractivity contribution < 1.29 is 21.0 Å². The van der Waals surface area contributed by atoms with Gasteiger partial charge in [-0.25, -0.2) is 21.0 Å². The predicted molar refractivity (Wildman–Crippen MR) is 56.0 cm³/mol. The average Bonchev–Trinajstić information content (AvgIpc) is 1.43. The molecule has 0 aliphatic heterocycles. The highest BCUT2D eigenvalue weighted by Crippen LogP contribution is 1.94. The first-order valence-electron chi connectivity index (χ1n) is 2.83. The van der Waals surface area contributed by atoms with E-state index < -0.39 is 30.0 Å². The minimum absolute atomic E-state index is 0. The number of nitrogens with zero attached hydrogens (tertiary/aromatic N) is 1. The average molecular weight is 266 g/mol. The zero-order chi connectivity index (χ0) is 10.9. The Hall–Kier alpha value is -0.190. The zero-order valence-corrected chi connectivity index (χ0v) is 9.66. The molecule has 0 radical (unpaired) electrons. The number of nitrogens with one attached hydrogen (secondary N) is 1. The van der Waals surface area contributed by atoms with Crippen LogP contribution in [0.25, 0.3) is 0 Å². The second kappa shape index (κ2) is 4.55. The third kappa shape index (κ3) is 9.89. The van der Waals surface area contributed by atoms with Gasteiger partial charge < -0.3 is 0 Å². The van der Waals surface area contributed by atoms with Crippen molar-refractivity contribution in [2.24, 2.45) is 3.77 Å². The summed E-state index contributed by atoms with van der Waals surface area (Å²) in [5.41, 5.74) is 0. The Morgan fingerprint density at radius 2 is 1.29 bits per heavy atom. The summed E-state index contributed by atoms with van der Waals surface area (Å²) in [6, 6.07) is 0. The van der Waals surface area contributed by atoms with Gasteiger partial charge in [-0.05, 0) is 0 Å². The fourth-order valence-corrected chi connectivity index (χ4v) is 5.26. The molecule has 0 heterocycles. The van der Waals surface area contributed by atoms with Crippen LogP contribution in [-0.2, 0) is 30.0 Å². The summed E-state index contributed by atoms with van der Waals surface area (Å²) in [6.07, 6.45) is 2.36. The van der Waals surface area contributed by atoms with Crippen LogP contribution < -0.4 is 4.13 Å². The highest BCUT2D eigenvalue weighted by atomic mass is 32.3. The van der Waals surface area contributed by atoms with Crippen LogP contribution in [0.1, 0.15) is 7.43 Å². The normalized spacial score (nSPS) is 16.5. The summed E-state index contributed by atoms with van der Waals surface area (Å²) in [4.78, 5) is 0. The van der Waals surface area contributed by atoms with E-state index in [1.54, 1.807) is 4.13 Å². The topological polar surface area (TPSA) is 110 Å². The molecule has 0 aliphatic rings. The van der Waals surface area contributed by atoms with Crippen LogP contribution in [0.2, 0.25) is 0 Å². The maximum absolute atomic E-state index is 11.2. The Bertz CT molecular complexity index is 493. The molecule has 7 nitrogen and oxygen atoms in total. The van der Waals surface area contributed by atoms with E-state index in [0.29, 0.717) is 0 Å². The number of sulfonamides is 2. The molecule has 0 saturated heterocycles. The second-order valence-corrected chi connectivity index (χ2v) is 8.34. The monoisotopic (exact) mass is 266 g/mol. The molecule has 0 rings (SSSR count). The summed E-state index contributed by atoms with van der Waals surface area (Å²) >= 11 is 0. The first-order valence-corrected chi connectivity index (χ1v) is 8.49. The van der Waals surface area contributed by atoms with Gasteiger partial charge in [-0.2, -0.15) is 0 Å². The Kier molecular flexibility index (Phi) is 5.28. The van der Waals surface area contributed by atoms with E-state index in [4.69, 9.17) is 0 Å². The molecule has 0 amide bonds. The van der Waals surface area contributed by atoms with Gasteiger partial charge in [-0.3, -0.25) is 0 Å². The Balaban J connectivity index is 0. The van der Waals surface area contributed by atoms with Crippen LogP contribution in [0.4, 0.5) is 0 Å². The van der Waals surface area contributed by atoms with Crippen molar-refractivity contribution in [2.45, 2.75) is 7.43 Å². The Morgan fingerprint density at radius 1 is 0.929 bits per heavy atom. The van der Waals surface area contributed by atoms with Gasteiger partial charge in [0.25, 0.3) is 10.0 Å². The molecule has 14 heavy (non-hydrogen) atoms. The van der Waals surface area contributed by atoms with E-state index in [-0.39, 0.29) is 7.43 Å². The predicted octanol–water partition coefficient (Wildman–Crippen LogP) is -0.856. The Labute approximate surface area is 85.3 Å². The molecule has 0 saturated carbocycles. The molecule has 0 bridgehead atoms. The standard InChI is InChI=1S/C3H10N2O5S3.CH4/c1-11(6,4-12(2,7)8)5-13(3,9)10;/h1-3H3,(H,4,5,6);1H4. The smallest absolute Gasteiger partial charge is 0.232 e. The van der Waals surface area contributed by atoms with Crippen molar-refractivity contribution in [2.75, 3.05) is 18.8 Å². The molecular weight excluding hydrogens is 252 g/mol. The molecule has 0 aromatic rings. The van der Waals surface area contributed by atoms with Crippen LogP contribution in [0.15, 0.2) is 3.77 Å². The summed E-state index contributed by atoms with van der Waals surface area (Å²) in [7, 11) is -11.0. The molecule has 0 fully saturated rings. The Morgan fingerprint density at radius 3 is 1.50 bits per heavy atom. The van der Waals surface area contributed by atoms with Crippen molar-refractivity contribution in [3.05, 3.63) is 0 Å². The fraction of sp³-hybridized carbons (Fsp3) is 1.00. The van der Waals surface area contributed by atoms with Gasteiger partial charge in [0.15, 0.2) is 0 Å². The largest absolute Gasteiger partial charge is 0.259 e. The van der Waals surface area contributed by atoms with Gasteiger partial charge >= 0.3 is 0 Å². The molecule has 10 heteroatoms. The molecule has 1 unspecified atom stereocenters. The van der Waals surface area contributed by atoms with Crippen molar-refractivity contribution >= 4 is 30.0 Å². The van der Waals surface area contributed by atoms with E-state index in [1.165, 1.54) is 0 Å². The van der Waals surface area contributed by atoms with Crippen molar-refractivity contribution in [1.82, 2.24) is 4.13 Å². The van der Waals surface area contributed by atoms with Gasteiger partial charge in [0.1, 0.15) is 9.92 Å². The molecule has 0 aromatic heterocycles. The summed E-state index contributed by atoms with van der Waals surface area (Å²) in [5, 5.41) is 0. The minimum atomic E-state index is -3.83. The van der Waals surface area contributed by atoms with Crippen molar-refractivity contribution in [3.63, 3.8) is 0 Å². The summed E-state index contributed by atoms with van der Waals surface area (Å²) < 4.78 is 57.9. The van der Waals surface area contributed by atoms with Gasteiger partial charge in [-0.15, -0.1) is 4.13 Å². The maximum atomic E-state index is 11.2. The number of hydrogen-bond acceptors (Lipinski definition) is 5. The van der Waals surface area contributed by atoms with Crippen LogP contribution in [-0.4, -0.2) is 39.8 Å². The molecule has 0 aromatic carbocycles. The van der Waals surface area contributed by atoms with E-state index >= 15 is 0 Å². The summed E-state index contributed by atoms with van der Waals surface area (Å²) in [6.45, 7) is 0. The fourth-order valence-electron chi connectivity index (χ4n) is 0.554. The van der Waals surface area contributed by atoms with Crippen LogP contribution >= 0.6 is 0 Å². The van der Waals surface area contributed by atoms with Gasteiger partial charge in [-0.1, -0.05) is 11.2 Å². The molecule has 1 N–H and O–H groups in total. The number of rotatable bonds is 3.